The van der Waals surface area contributed by atoms with Crippen molar-refractivity contribution in [2.75, 3.05) is 19.6 Å². The molecule has 110 valence electrons. The molecule has 0 radical (unpaired) electrons. The minimum absolute atomic E-state index is 0.0220. The SMILES string of the molecule is CC(O)C1CCN(C(=O)CNC(=O)[C@@H](N)C(C)C)C1. The van der Waals surface area contributed by atoms with Crippen LogP contribution < -0.4 is 11.1 Å². The summed E-state index contributed by atoms with van der Waals surface area (Å²) < 4.78 is 0. The van der Waals surface area contributed by atoms with E-state index in [0.29, 0.717) is 13.1 Å². The van der Waals surface area contributed by atoms with Gasteiger partial charge in [0, 0.05) is 19.0 Å². The molecule has 1 heterocycles. The molecule has 4 N–H and O–H groups in total. The number of aliphatic hydroxyl groups is 1. The van der Waals surface area contributed by atoms with E-state index in [1.807, 2.05) is 13.8 Å². The van der Waals surface area contributed by atoms with Gasteiger partial charge in [0.15, 0.2) is 0 Å². The fourth-order valence-electron chi connectivity index (χ4n) is 2.10. The van der Waals surface area contributed by atoms with Crippen molar-refractivity contribution in [3.63, 3.8) is 0 Å². The van der Waals surface area contributed by atoms with E-state index in [1.54, 1.807) is 11.8 Å². The van der Waals surface area contributed by atoms with Crippen molar-refractivity contribution in [1.29, 1.82) is 0 Å². The molecule has 6 nitrogen and oxygen atoms in total. The monoisotopic (exact) mass is 271 g/mol. The van der Waals surface area contributed by atoms with Gasteiger partial charge in [0.1, 0.15) is 0 Å². The van der Waals surface area contributed by atoms with E-state index in [1.165, 1.54) is 0 Å². The van der Waals surface area contributed by atoms with Gasteiger partial charge in [-0.15, -0.1) is 0 Å². The van der Waals surface area contributed by atoms with Gasteiger partial charge in [0.25, 0.3) is 0 Å². The number of carbonyl (C=O) groups excluding carboxylic acids is 2. The lowest BCUT2D eigenvalue weighted by atomic mass is 10.0. The summed E-state index contributed by atoms with van der Waals surface area (Å²) in [6.45, 7) is 6.64. The molecule has 2 unspecified atom stereocenters. The number of rotatable bonds is 5. The number of hydrogen-bond donors (Lipinski definition) is 3. The Morgan fingerprint density at radius 3 is 2.53 bits per heavy atom. The molecule has 2 amide bonds. The molecule has 1 rings (SSSR count). The smallest absolute Gasteiger partial charge is 0.241 e. The van der Waals surface area contributed by atoms with Crippen molar-refractivity contribution in [2.24, 2.45) is 17.6 Å². The van der Waals surface area contributed by atoms with Crippen molar-refractivity contribution in [3.8, 4) is 0 Å². The third-order valence-corrected chi connectivity index (χ3v) is 3.69. The Morgan fingerprint density at radius 2 is 2.05 bits per heavy atom. The van der Waals surface area contributed by atoms with Crippen molar-refractivity contribution in [3.05, 3.63) is 0 Å². The topological polar surface area (TPSA) is 95.7 Å². The number of nitrogens with two attached hydrogens (primary N) is 1. The van der Waals surface area contributed by atoms with Crippen molar-refractivity contribution in [1.82, 2.24) is 10.2 Å². The zero-order chi connectivity index (χ0) is 14.6. The number of nitrogens with one attached hydrogen (secondary N) is 1. The second kappa shape index (κ2) is 6.86. The van der Waals surface area contributed by atoms with E-state index in [0.717, 1.165) is 6.42 Å². The lowest BCUT2D eigenvalue weighted by molar-refractivity contribution is -0.132. The van der Waals surface area contributed by atoms with Gasteiger partial charge in [0.05, 0.1) is 18.7 Å². The lowest BCUT2D eigenvalue weighted by Gasteiger charge is -2.19. The first-order valence-electron chi connectivity index (χ1n) is 6.82. The number of nitrogens with zero attached hydrogens (tertiary/aromatic N) is 1. The summed E-state index contributed by atoms with van der Waals surface area (Å²) in [5.74, 6) is -0.235. The third kappa shape index (κ3) is 4.47. The average Bonchev–Trinajstić information content (AvgIpc) is 2.84. The maximum absolute atomic E-state index is 11.9. The maximum atomic E-state index is 11.9. The van der Waals surface area contributed by atoms with Gasteiger partial charge in [-0.2, -0.15) is 0 Å². The summed E-state index contributed by atoms with van der Waals surface area (Å²) in [7, 11) is 0. The molecule has 0 aromatic rings. The summed E-state index contributed by atoms with van der Waals surface area (Å²) in [6, 6.07) is -0.586. The maximum Gasteiger partial charge on any atom is 0.241 e. The molecular formula is C13H25N3O3. The Bertz CT molecular complexity index is 331. The zero-order valence-corrected chi connectivity index (χ0v) is 11.9. The second-order valence-electron chi connectivity index (χ2n) is 5.62. The normalized spacial score (nSPS) is 22.4. The fourth-order valence-corrected chi connectivity index (χ4v) is 2.10. The predicted molar refractivity (Wildman–Crippen MR) is 72.2 cm³/mol. The summed E-state index contributed by atoms with van der Waals surface area (Å²) in [6.07, 6.45) is 0.407. The van der Waals surface area contributed by atoms with Gasteiger partial charge in [-0.05, 0) is 19.3 Å². The molecule has 1 saturated heterocycles. The van der Waals surface area contributed by atoms with Gasteiger partial charge in [0.2, 0.25) is 11.8 Å². The third-order valence-electron chi connectivity index (χ3n) is 3.69. The number of amides is 2. The highest BCUT2D eigenvalue weighted by Crippen LogP contribution is 2.19. The van der Waals surface area contributed by atoms with Gasteiger partial charge in [-0.1, -0.05) is 13.8 Å². The van der Waals surface area contributed by atoms with E-state index < -0.39 is 12.1 Å². The van der Waals surface area contributed by atoms with E-state index in [4.69, 9.17) is 5.73 Å². The molecule has 0 aromatic heterocycles. The Hall–Kier alpha value is -1.14. The van der Waals surface area contributed by atoms with Gasteiger partial charge >= 0.3 is 0 Å². The molecule has 0 aliphatic carbocycles. The van der Waals surface area contributed by atoms with Gasteiger partial charge in [-0.3, -0.25) is 9.59 Å². The van der Waals surface area contributed by atoms with Crippen molar-refractivity contribution < 1.29 is 14.7 Å². The molecular weight excluding hydrogens is 246 g/mol. The van der Waals surface area contributed by atoms with Crippen LogP contribution in [0.15, 0.2) is 0 Å². The van der Waals surface area contributed by atoms with Crippen molar-refractivity contribution in [2.45, 2.75) is 39.3 Å². The van der Waals surface area contributed by atoms with Crippen LogP contribution in [-0.2, 0) is 9.59 Å². The summed E-state index contributed by atoms with van der Waals surface area (Å²) >= 11 is 0. The Morgan fingerprint density at radius 1 is 1.42 bits per heavy atom. The minimum Gasteiger partial charge on any atom is -0.393 e. The van der Waals surface area contributed by atoms with Crippen LogP contribution in [0.3, 0.4) is 0 Å². The number of aliphatic hydroxyl groups excluding tert-OH is 1. The largest absolute Gasteiger partial charge is 0.393 e. The summed E-state index contributed by atoms with van der Waals surface area (Å²) in [4.78, 5) is 25.2. The van der Waals surface area contributed by atoms with Crippen LogP contribution in [0.1, 0.15) is 27.2 Å². The second-order valence-corrected chi connectivity index (χ2v) is 5.62. The molecule has 19 heavy (non-hydrogen) atoms. The van der Waals surface area contributed by atoms with Crippen LogP contribution in [0.25, 0.3) is 0 Å². The first-order valence-corrected chi connectivity index (χ1v) is 6.82. The Balaban J connectivity index is 2.35. The number of carbonyl (C=O) groups is 2. The van der Waals surface area contributed by atoms with E-state index in [9.17, 15) is 14.7 Å². The molecule has 0 bridgehead atoms. The predicted octanol–water partition coefficient (Wildman–Crippen LogP) is -0.685. The Kier molecular flexibility index (Phi) is 5.75. The standard InChI is InChI=1S/C13H25N3O3/c1-8(2)12(14)13(19)15-6-11(18)16-5-4-10(7-16)9(3)17/h8-10,12,17H,4-7,14H2,1-3H3,(H,15,19)/t9?,10?,12-/m0/s1. The van der Waals surface area contributed by atoms with Crippen LogP contribution >= 0.6 is 0 Å². The highest BCUT2D eigenvalue weighted by molar-refractivity contribution is 5.87. The highest BCUT2D eigenvalue weighted by atomic mass is 16.3. The van der Waals surface area contributed by atoms with Crippen LogP contribution in [0, 0.1) is 11.8 Å². The molecule has 1 aliphatic rings. The molecule has 6 heteroatoms. The first-order chi connectivity index (χ1) is 8.82. The molecule has 0 aromatic carbocycles. The number of hydrogen-bond acceptors (Lipinski definition) is 4. The quantitative estimate of drug-likeness (QED) is 0.617. The van der Waals surface area contributed by atoms with E-state index in [-0.39, 0.29) is 30.2 Å². The fraction of sp³-hybridized carbons (Fsp3) is 0.846. The van der Waals surface area contributed by atoms with E-state index >= 15 is 0 Å². The first kappa shape index (κ1) is 15.9. The number of likely N-dealkylation sites (tertiary alicyclic amines) is 1. The molecule has 1 fully saturated rings. The van der Waals surface area contributed by atoms with Crippen LogP contribution in [0.4, 0.5) is 0 Å². The van der Waals surface area contributed by atoms with Gasteiger partial charge in [-0.25, -0.2) is 0 Å². The zero-order valence-electron chi connectivity index (χ0n) is 11.9. The summed E-state index contributed by atoms with van der Waals surface area (Å²) in [5, 5.41) is 12.0. The van der Waals surface area contributed by atoms with Gasteiger partial charge < -0.3 is 21.1 Å². The molecule has 3 atom stereocenters. The molecule has 0 saturated carbocycles. The summed E-state index contributed by atoms with van der Waals surface area (Å²) in [5.41, 5.74) is 5.69. The van der Waals surface area contributed by atoms with Crippen LogP contribution in [0.2, 0.25) is 0 Å². The average molecular weight is 271 g/mol. The van der Waals surface area contributed by atoms with E-state index in [2.05, 4.69) is 5.32 Å². The Labute approximate surface area is 114 Å². The lowest BCUT2D eigenvalue weighted by Crippen LogP contribution is -2.47. The minimum atomic E-state index is -0.586. The highest BCUT2D eigenvalue weighted by Gasteiger charge is 2.29. The van der Waals surface area contributed by atoms with Crippen molar-refractivity contribution >= 4 is 11.8 Å². The van der Waals surface area contributed by atoms with Crippen LogP contribution in [0.5, 0.6) is 0 Å². The molecule has 1 aliphatic heterocycles. The molecule has 0 spiro atoms. The van der Waals surface area contributed by atoms with Crippen LogP contribution in [-0.4, -0.2) is 53.6 Å².